The summed E-state index contributed by atoms with van der Waals surface area (Å²) in [7, 11) is 1.42. The molecule has 1 aliphatic heterocycles. The molecule has 1 fully saturated rings. The van der Waals surface area contributed by atoms with E-state index in [1.165, 1.54) is 7.11 Å². The number of unbranched alkanes of at least 4 members (excludes halogenated alkanes) is 1. The van der Waals surface area contributed by atoms with Gasteiger partial charge in [0.25, 0.3) is 6.02 Å². The molecule has 8 heteroatoms. The van der Waals surface area contributed by atoms with Crippen molar-refractivity contribution in [1.29, 1.82) is 0 Å². The summed E-state index contributed by atoms with van der Waals surface area (Å²) in [6.45, 7) is 6.60. The smallest absolute Gasteiger partial charge is 0.282 e. The molecule has 29 heavy (non-hydrogen) atoms. The summed E-state index contributed by atoms with van der Waals surface area (Å²) < 4.78 is 6.84. The van der Waals surface area contributed by atoms with Crippen LogP contribution in [0.1, 0.15) is 49.9 Å². The number of methoxy groups -OCH3 is 1. The van der Waals surface area contributed by atoms with Crippen molar-refractivity contribution >= 4 is 17.5 Å². The third-order valence-electron chi connectivity index (χ3n) is 4.87. The highest BCUT2D eigenvalue weighted by atomic mass is 16.5. The fraction of sp³-hybridized carbons (Fsp3) is 0.571. The first-order valence-corrected chi connectivity index (χ1v) is 10.3. The topological polar surface area (TPSA) is 107 Å². The Labute approximate surface area is 173 Å². The molecule has 0 spiro atoms. The lowest BCUT2D eigenvalue weighted by molar-refractivity contribution is -0.119. The van der Waals surface area contributed by atoms with E-state index in [4.69, 9.17) is 15.6 Å². The number of aryl methyl sites for hydroxylation is 1. The van der Waals surface area contributed by atoms with E-state index in [1.807, 2.05) is 13.0 Å². The minimum atomic E-state index is -0.208. The third-order valence-corrected chi connectivity index (χ3v) is 4.87. The van der Waals surface area contributed by atoms with Gasteiger partial charge in [-0.25, -0.2) is 4.99 Å². The summed E-state index contributed by atoms with van der Waals surface area (Å²) >= 11 is 0. The molecule has 0 radical (unpaired) electrons. The first-order valence-electron chi connectivity index (χ1n) is 10.3. The fourth-order valence-corrected chi connectivity index (χ4v) is 3.21. The summed E-state index contributed by atoms with van der Waals surface area (Å²) in [6.07, 6.45) is 12.7. The van der Waals surface area contributed by atoms with Crippen molar-refractivity contribution in [1.82, 2.24) is 20.4 Å². The second kappa shape index (κ2) is 12.1. The third kappa shape index (κ3) is 7.38. The van der Waals surface area contributed by atoms with Gasteiger partial charge in [0, 0.05) is 18.3 Å². The van der Waals surface area contributed by atoms with E-state index in [1.54, 1.807) is 0 Å². The molecule has 4 N–H and O–H groups in total. The van der Waals surface area contributed by atoms with Gasteiger partial charge in [0.15, 0.2) is 0 Å². The van der Waals surface area contributed by atoms with Gasteiger partial charge in [-0.3, -0.25) is 9.48 Å². The molecule has 0 aliphatic carbocycles. The molecular formula is C21H34N6O2. The molecule has 1 aromatic heterocycles. The Hall–Kier alpha value is -2.61. The van der Waals surface area contributed by atoms with Crippen molar-refractivity contribution in [3.8, 4) is 0 Å². The maximum Gasteiger partial charge on any atom is 0.282 e. The van der Waals surface area contributed by atoms with E-state index in [-0.39, 0.29) is 18.5 Å². The van der Waals surface area contributed by atoms with Gasteiger partial charge in [0.2, 0.25) is 5.91 Å². The Morgan fingerprint density at radius 3 is 2.93 bits per heavy atom. The number of carbonyl (C=O) groups is 1. The highest BCUT2D eigenvalue weighted by Gasteiger charge is 2.18. The van der Waals surface area contributed by atoms with E-state index in [2.05, 4.69) is 45.6 Å². The highest BCUT2D eigenvalue weighted by molar-refractivity contribution is 5.82. The molecule has 0 saturated carbocycles. The zero-order valence-electron chi connectivity index (χ0n) is 17.8. The van der Waals surface area contributed by atoms with Crippen LogP contribution in [0.2, 0.25) is 0 Å². The van der Waals surface area contributed by atoms with Crippen LogP contribution in [0.25, 0.3) is 5.57 Å². The monoisotopic (exact) mass is 402 g/mol. The number of ether oxygens (including phenoxy) is 1. The molecule has 0 unspecified atom stereocenters. The van der Waals surface area contributed by atoms with Crippen LogP contribution < -0.4 is 16.4 Å². The summed E-state index contributed by atoms with van der Waals surface area (Å²) in [5.41, 5.74) is 8.61. The number of hydrogen-bond acceptors (Lipinski definition) is 5. The Balaban J connectivity index is 2.10. The number of allylic oxidation sites excluding steroid dienone is 3. The quantitative estimate of drug-likeness (QED) is 0.332. The van der Waals surface area contributed by atoms with Gasteiger partial charge in [-0.15, -0.1) is 0 Å². The first kappa shape index (κ1) is 22.7. The second-order valence-corrected chi connectivity index (χ2v) is 7.10. The van der Waals surface area contributed by atoms with Gasteiger partial charge in [-0.05, 0) is 44.8 Å². The Kier molecular flexibility index (Phi) is 9.43. The van der Waals surface area contributed by atoms with Crippen molar-refractivity contribution in [3.63, 3.8) is 0 Å². The predicted molar refractivity (Wildman–Crippen MR) is 117 cm³/mol. The Morgan fingerprint density at radius 1 is 1.48 bits per heavy atom. The molecule has 2 rings (SSSR count). The number of piperidine rings is 1. The SMILES string of the molecule is CCC/C=C\C(=C/CNC(=O)C/N=C(/N)OC)c1cn(C2CCNCC2)nc1C. The fourth-order valence-electron chi connectivity index (χ4n) is 3.21. The number of rotatable bonds is 9. The van der Waals surface area contributed by atoms with Gasteiger partial charge in [-0.1, -0.05) is 31.6 Å². The normalized spacial score (nSPS) is 16.4. The van der Waals surface area contributed by atoms with Crippen molar-refractivity contribution < 1.29 is 9.53 Å². The van der Waals surface area contributed by atoms with Crippen LogP contribution in [0.15, 0.2) is 29.4 Å². The number of nitrogens with two attached hydrogens (primary N) is 1. The molecule has 0 bridgehead atoms. The molecule has 160 valence electrons. The maximum absolute atomic E-state index is 11.9. The van der Waals surface area contributed by atoms with Gasteiger partial charge in [0.1, 0.15) is 6.54 Å². The van der Waals surface area contributed by atoms with Gasteiger partial charge >= 0.3 is 0 Å². The number of nitrogens with zero attached hydrogens (tertiary/aromatic N) is 3. The molecule has 1 amide bonds. The predicted octanol–water partition coefficient (Wildman–Crippen LogP) is 1.93. The average Bonchev–Trinajstić information content (AvgIpc) is 3.13. The van der Waals surface area contributed by atoms with Crippen molar-refractivity contribution in [3.05, 3.63) is 35.7 Å². The van der Waals surface area contributed by atoms with E-state index in [9.17, 15) is 4.79 Å². The van der Waals surface area contributed by atoms with Gasteiger partial charge in [0.05, 0.1) is 18.8 Å². The Morgan fingerprint density at radius 2 is 2.24 bits per heavy atom. The molecular weight excluding hydrogens is 368 g/mol. The van der Waals surface area contributed by atoms with E-state index >= 15 is 0 Å². The molecule has 8 nitrogen and oxygen atoms in total. The summed E-state index contributed by atoms with van der Waals surface area (Å²) in [4.78, 5) is 15.8. The number of carbonyl (C=O) groups excluding carboxylic acids is 1. The van der Waals surface area contributed by atoms with E-state index in [0.717, 1.165) is 55.6 Å². The number of hydrogen-bond donors (Lipinski definition) is 3. The van der Waals surface area contributed by atoms with Crippen LogP contribution >= 0.6 is 0 Å². The van der Waals surface area contributed by atoms with Crippen LogP contribution in [0.4, 0.5) is 0 Å². The summed E-state index contributed by atoms with van der Waals surface area (Å²) in [5, 5.41) is 11.0. The Bertz CT molecular complexity index is 744. The van der Waals surface area contributed by atoms with E-state index in [0.29, 0.717) is 12.6 Å². The van der Waals surface area contributed by atoms with Crippen molar-refractivity contribution in [2.45, 2.75) is 45.6 Å². The number of aromatic nitrogens is 2. The van der Waals surface area contributed by atoms with Gasteiger partial charge < -0.3 is 21.1 Å². The number of amides is 1. The lowest BCUT2D eigenvalue weighted by atomic mass is 10.0. The second-order valence-electron chi connectivity index (χ2n) is 7.10. The lowest BCUT2D eigenvalue weighted by Crippen LogP contribution is -2.29. The highest BCUT2D eigenvalue weighted by Crippen LogP contribution is 2.24. The van der Waals surface area contributed by atoms with Crippen LogP contribution in [0.3, 0.4) is 0 Å². The van der Waals surface area contributed by atoms with Gasteiger partial charge in [-0.2, -0.15) is 5.10 Å². The largest absolute Gasteiger partial charge is 0.469 e. The molecule has 0 atom stereocenters. The maximum atomic E-state index is 11.9. The number of aliphatic imine (C=N–C) groups is 1. The number of amidine groups is 1. The molecule has 0 aromatic carbocycles. The first-order chi connectivity index (χ1) is 14.0. The minimum Gasteiger partial charge on any atom is -0.469 e. The van der Waals surface area contributed by atoms with Crippen LogP contribution in [0.5, 0.6) is 0 Å². The van der Waals surface area contributed by atoms with Crippen LogP contribution in [0, 0.1) is 6.92 Å². The average molecular weight is 403 g/mol. The molecule has 1 saturated heterocycles. The summed E-state index contributed by atoms with van der Waals surface area (Å²) in [6, 6.07) is 0.438. The van der Waals surface area contributed by atoms with Crippen LogP contribution in [-0.2, 0) is 9.53 Å². The van der Waals surface area contributed by atoms with Crippen LogP contribution in [-0.4, -0.2) is 55.0 Å². The molecule has 1 aliphatic rings. The standard InChI is InChI=1S/C21H34N6O2/c1-4-5-6-7-17(8-13-24-20(28)14-25-21(22)29-3)19-15-27(26-16(19)2)18-9-11-23-12-10-18/h6-8,15,18,23H,4-5,9-14H2,1-3H3,(H2,22,25)(H,24,28)/b7-6-,17-8+. The zero-order chi connectivity index (χ0) is 21.1. The molecule has 1 aromatic rings. The minimum absolute atomic E-state index is 0.000156. The lowest BCUT2D eigenvalue weighted by Gasteiger charge is -2.22. The number of nitrogens with one attached hydrogen (secondary N) is 2. The van der Waals surface area contributed by atoms with Crippen molar-refractivity contribution in [2.75, 3.05) is 33.3 Å². The molecule has 2 heterocycles. The van der Waals surface area contributed by atoms with E-state index < -0.39 is 0 Å². The zero-order valence-corrected chi connectivity index (χ0v) is 17.8. The summed E-state index contributed by atoms with van der Waals surface area (Å²) in [5.74, 6) is -0.208. The van der Waals surface area contributed by atoms with Crippen molar-refractivity contribution in [2.24, 2.45) is 10.7 Å².